The molecule has 1 saturated heterocycles. The van der Waals surface area contributed by atoms with E-state index in [9.17, 15) is 14.7 Å². The standard InChI is InChI=1S/C28H34Cl2N2O3/c1-3-5-16-31(17-6-4-2)18-9-19-32-25(22-10-7-8-11-23(22)30)24(27(34)28(32)35)26(33)20-12-14-21(29)15-13-20/h7-8,10-15,25,33H,3-6,9,16-19H2,1-2H3/b26-24-. The highest BCUT2D eigenvalue weighted by molar-refractivity contribution is 6.47. The fourth-order valence-electron chi connectivity index (χ4n) is 4.46. The molecule has 0 aromatic heterocycles. The Hall–Kier alpha value is -2.34. The highest BCUT2D eigenvalue weighted by Gasteiger charge is 2.46. The summed E-state index contributed by atoms with van der Waals surface area (Å²) < 4.78 is 0. The molecule has 0 radical (unpaired) electrons. The molecular weight excluding hydrogens is 483 g/mol. The van der Waals surface area contributed by atoms with E-state index >= 15 is 0 Å². The van der Waals surface area contributed by atoms with Crippen molar-refractivity contribution in [2.45, 2.75) is 52.0 Å². The summed E-state index contributed by atoms with van der Waals surface area (Å²) in [7, 11) is 0. The molecule has 1 aliphatic heterocycles. The molecule has 1 unspecified atom stereocenters. The zero-order chi connectivity index (χ0) is 25.4. The van der Waals surface area contributed by atoms with Crippen molar-refractivity contribution in [2.75, 3.05) is 26.2 Å². The number of likely N-dealkylation sites (tertiary alicyclic amines) is 1. The van der Waals surface area contributed by atoms with Crippen LogP contribution in [0.1, 0.15) is 63.1 Å². The summed E-state index contributed by atoms with van der Waals surface area (Å²) in [5, 5.41) is 12.1. The zero-order valence-corrected chi connectivity index (χ0v) is 22.0. The predicted molar refractivity (Wildman–Crippen MR) is 143 cm³/mol. The van der Waals surface area contributed by atoms with Gasteiger partial charge in [-0.3, -0.25) is 9.59 Å². The number of rotatable bonds is 12. The van der Waals surface area contributed by atoms with Crippen LogP contribution in [0.25, 0.3) is 5.76 Å². The molecule has 1 N–H and O–H groups in total. The van der Waals surface area contributed by atoms with E-state index in [1.807, 2.05) is 6.07 Å². The molecule has 1 amide bonds. The minimum atomic E-state index is -0.751. The van der Waals surface area contributed by atoms with Crippen LogP contribution in [-0.2, 0) is 9.59 Å². The summed E-state index contributed by atoms with van der Waals surface area (Å²) >= 11 is 12.5. The average molecular weight is 517 g/mol. The molecule has 2 aromatic carbocycles. The van der Waals surface area contributed by atoms with Gasteiger partial charge in [0.2, 0.25) is 0 Å². The highest BCUT2D eigenvalue weighted by Crippen LogP contribution is 2.41. The first-order valence-corrected chi connectivity index (χ1v) is 13.2. The van der Waals surface area contributed by atoms with Gasteiger partial charge in [0.1, 0.15) is 5.76 Å². The van der Waals surface area contributed by atoms with Crippen molar-refractivity contribution in [3.63, 3.8) is 0 Å². The fraction of sp³-hybridized carbons (Fsp3) is 0.429. The molecule has 188 valence electrons. The van der Waals surface area contributed by atoms with Gasteiger partial charge in [-0.05, 0) is 74.8 Å². The number of aliphatic hydroxyl groups is 1. The normalized spacial score (nSPS) is 17.5. The first-order chi connectivity index (χ1) is 16.9. The number of Topliss-reactive ketones (excluding diaryl/α,β-unsaturated/α-hetero) is 1. The van der Waals surface area contributed by atoms with Crippen molar-refractivity contribution in [3.8, 4) is 0 Å². The van der Waals surface area contributed by atoms with Crippen LogP contribution in [0.5, 0.6) is 0 Å². The van der Waals surface area contributed by atoms with Crippen LogP contribution in [0.15, 0.2) is 54.1 Å². The maximum absolute atomic E-state index is 13.2. The number of carbonyl (C=O) groups excluding carboxylic acids is 2. The maximum atomic E-state index is 13.2. The number of unbranched alkanes of at least 4 members (excludes halogenated alkanes) is 2. The van der Waals surface area contributed by atoms with Crippen LogP contribution in [0.3, 0.4) is 0 Å². The van der Waals surface area contributed by atoms with Gasteiger partial charge in [0.05, 0.1) is 11.6 Å². The topological polar surface area (TPSA) is 60.9 Å². The molecule has 1 heterocycles. The number of hydrogen-bond donors (Lipinski definition) is 1. The van der Waals surface area contributed by atoms with Gasteiger partial charge in [-0.1, -0.05) is 68.1 Å². The quantitative estimate of drug-likeness (QED) is 0.193. The van der Waals surface area contributed by atoms with E-state index in [-0.39, 0.29) is 11.3 Å². The Labute approximate surface area is 218 Å². The summed E-state index contributed by atoms with van der Waals surface area (Å²) in [6, 6.07) is 12.9. The second kappa shape index (κ2) is 13.1. The third-order valence-electron chi connectivity index (χ3n) is 6.39. The SMILES string of the molecule is CCCCN(CCCC)CCCN1C(=O)C(=O)/C(=C(\O)c2ccc(Cl)cc2)C1c1ccccc1Cl. The summed E-state index contributed by atoms with van der Waals surface area (Å²) in [5.41, 5.74) is 1.10. The second-order valence-electron chi connectivity index (χ2n) is 8.92. The molecular formula is C28H34Cl2N2O3. The third-order valence-corrected chi connectivity index (χ3v) is 6.98. The molecule has 0 aliphatic carbocycles. The van der Waals surface area contributed by atoms with Gasteiger partial charge in [0.15, 0.2) is 0 Å². The molecule has 1 aliphatic rings. The first-order valence-electron chi connectivity index (χ1n) is 12.4. The number of aliphatic hydroxyl groups excluding tert-OH is 1. The van der Waals surface area contributed by atoms with Gasteiger partial charge in [-0.2, -0.15) is 0 Å². The summed E-state index contributed by atoms with van der Waals surface area (Å²) in [5.74, 6) is -1.53. The largest absolute Gasteiger partial charge is 0.507 e. The number of benzene rings is 2. The van der Waals surface area contributed by atoms with Crippen LogP contribution in [0.2, 0.25) is 10.0 Å². The number of ketones is 1. The molecule has 0 bridgehead atoms. The van der Waals surface area contributed by atoms with Crippen LogP contribution in [-0.4, -0.2) is 52.8 Å². The predicted octanol–water partition coefficient (Wildman–Crippen LogP) is 6.71. The molecule has 1 fully saturated rings. The lowest BCUT2D eigenvalue weighted by atomic mass is 9.95. The van der Waals surface area contributed by atoms with Gasteiger partial charge in [0.25, 0.3) is 11.7 Å². The van der Waals surface area contributed by atoms with E-state index in [4.69, 9.17) is 23.2 Å². The minimum Gasteiger partial charge on any atom is -0.507 e. The summed E-state index contributed by atoms with van der Waals surface area (Å²) in [6.07, 6.45) is 5.26. The highest BCUT2D eigenvalue weighted by atomic mass is 35.5. The van der Waals surface area contributed by atoms with Gasteiger partial charge >= 0.3 is 0 Å². The van der Waals surface area contributed by atoms with Crippen molar-refractivity contribution in [3.05, 3.63) is 75.3 Å². The zero-order valence-electron chi connectivity index (χ0n) is 20.5. The van der Waals surface area contributed by atoms with Gasteiger partial charge < -0.3 is 14.9 Å². The molecule has 5 nitrogen and oxygen atoms in total. The lowest BCUT2D eigenvalue weighted by Crippen LogP contribution is -2.34. The van der Waals surface area contributed by atoms with Crippen LogP contribution in [0, 0.1) is 0 Å². The Balaban J connectivity index is 1.92. The lowest BCUT2D eigenvalue weighted by Gasteiger charge is -2.28. The van der Waals surface area contributed by atoms with Crippen LogP contribution >= 0.6 is 23.2 Å². The monoisotopic (exact) mass is 516 g/mol. The van der Waals surface area contributed by atoms with E-state index in [1.54, 1.807) is 47.4 Å². The molecule has 2 aromatic rings. The van der Waals surface area contributed by atoms with E-state index in [0.717, 1.165) is 51.7 Å². The van der Waals surface area contributed by atoms with Crippen molar-refractivity contribution in [1.29, 1.82) is 0 Å². The molecule has 3 rings (SSSR count). The molecule has 7 heteroatoms. The van der Waals surface area contributed by atoms with Gasteiger partial charge in [-0.25, -0.2) is 0 Å². The molecule has 0 saturated carbocycles. The Morgan fingerprint density at radius 1 is 0.914 bits per heavy atom. The third kappa shape index (κ3) is 6.66. The number of nitrogens with zero attached hydrogens (tertiary/aromatic N) is 2. The van der Waals surface area contributed by atoms with Crippen molar-refractivity contribution < 1.29 is 14.7 Å². The van der Waals surface area contributed by atoms with Crippen LogP contribution in [0.4, 0.5) is 0 Å². The Kier molecular flexibility index (Phi) is 10.2. The fourth-order valence-corrected chi connectivity index (χ4v) is 4.82. The Morgan fingerprint density at radius 2 is 1.51 bits per heavy atom. The number of halogens is 2. The summed E-state index contributed by atoms with van der Waals surface area (Å²) in [4.78, 5) is 30.3. The van der Waals surface area contributed by atoms with Crippen molar-refractivity contribution in [1.82, 2.24) is 9.80 Å². The van der Waals surface area contributed by atoms with Crippen molar-refractivity contribution in [2.24, 2.45) is 0 Å². The van der Waals surface area contributed by atoms with E-state index in [0.29, 0.717) is 27.7 Å². The molecule has 0 spiro atoms. The van der Waals surface area contributed by atoms with E-state index < -0.39 is 17.7 Å². The van der Waals surface area contributed by atoms with Crippen LogP contribution < -0.4 is 0 Å². The smallest absolute Gasteiger partial charge is 0.295 e. The van der Waals surface area contributed by atoms with E-state index in [1.165, 1.54) is 0 Å². The Bertz CT molecular complexity index is 1040. The molecule has 35 heavy (non-hydrogen) atoms. The molecule has 1 atom stereocenters. The Morgan fingerprint density at radius 3 is 2.11 bits per heavy atom. The van der Waals surface area contributed by atoms with Gasteiger partial charge in [-0.15, -0.1) is 0 Å². The number of amides is 1. The number of carbonyl (C=O) groups is 2. The minimum absolute atomic E-state index is 0.0549. The van der Waals surface area contributed by atoms with Crippen molar-refractivity contribution >= 4 is 40.7 Å². The second-order valence-corrected chi connectivity index (χ2v) is 9.77. The number of hydrogen-bond acceptors (Lipinski definition) is 4. The lowest BCUT2D eigenvalue weighted by molar-refractivity contribution is -0.140. The summed E-state index contributed by atoms with van der Waals surface area (Å²) in [6.45, 7) is 7.66. The average Bonchev–Trinajstić information content (AvgIpc) is 3.10. The maximum Gasteiger partial charge on any atom is 0.295 e. The van der Waals surface area contributed by atoms with Gasteiger partial charge in [0, 0.05) is 22.2 Å². The van der Waals surface area contributed by atoms with E-state index in [2.05, 4.69) is 18.7 Å². The first kappa shape index (κ1) is 27.3.